The first kappa shape index (κ1) is 14.2. The highest BCUT2D eigenvalue weighted by Crippen LogP contribution is 2.26. The van der Waals surface area contributed by atoms with Crippen molar-refractivity contribution in [1.82, 2.24) is 14.5 Å². The molecule has 1 atom stereocenters. The number of fused-ring (bicyclic) bond motifs is 1. The van der Waals surface area contributed by atoms with Gasteiger partial charge in [-0.15, -0.1) is 0 Å². The topological polar surface area (TPSA) is 65.5 Å². The van der Waals surface area contributed by atoms with E-state index in [2.05, 4.69) is 21.4 Å². The minimum absolute atomic E-state index is 0.265. The van der Waals surface area contributed by atoms with Crippen LogP contribution in [0.4, 0.5) is 5.95 Å². The zero-order chi connectivity index (χ0) is 14.8. The number of hydrogen-bond acceptors (Lipinski definition) is 5. The summed E-state index contributed by atoms with van der Waals surface area (Å²) in [4.78, 5) is 6.86. The van der Waals surface area contributed by atoms with Gasteiger partial charge in [0.2, 0.25) is 5.95 Å². The van der Waals surface area contributed by atoms with E-state index in [-0.39, 0.29) is 6.04 Å². The average Bonchev–Trinajstić information content (AvgIpc) is 2.83. The summed E-state index contributed by atoms with van der Waals surface area (Å²) in [5, 5.41) is 0. The van der Waals surface area contributed by atoms with Gasteiger partial charge in [0.15, 0.2) is 0 Å². The minimum Gasteiger partial charge on any atom is -0.497 e. The van der Waals surface area contributed by atoms with Crippen LogP contribution < -0.4 is 10.5 Å². The maximum Gasteiger partial charge on any atom is 0.201 e. The number of hydrogen-bond donors (Lipinski definition) is 1. The molecule has 2 aromatic rings. The molecule has 1 aromatic carbocycles. The van der Waals surface area contributed by atoms with E-state index in [0.29, 0.717) is 5.95 Å². The van der Waals surface area contributed by atoms with Gasteiger partial charge < -0.3 is 19.8 Å². The van der Waals surface area contributed by atoms with E-state index in [1.54, 1.807) is 7.11 Å². The maximum absolute atomic E-state index is 6.12. The van der Waals surface area contributed by atoms with E-state index < -0.39 is 0 Å². The van der Waals surface area contributed by atoms with Crippen molar-refractivity contribution >= 4 is 17.0 Å². The maximum atomic E-state index is 6.12. The Morgan fingerprint density at radius 1 is 1.38 bits per heavy atom. The van der Waals surface area contributed by atoms with Crippen molar-refractivity contribution in [3.8, 4) is 5.75 Å². The van der Waals surface area contributed by atoms with Crippen LogP contribution in [0.2, 0.25) is 0 Å². The number of nitrogens with two attached hydrogens (primary N) is 1. The zero-order valence-corrected chi connectivity index (χ0v) is 12.6. The second kappa shape index (κ2) is 5.91. The van der Waals surface area contributed by atoms with Gasteiger partial charge in [-0.1, -0.05) is 0 Å². The molecule has 0 saturated carbocycles. The fourth-order valence-electron chi connectivity index (χ4n) is 2.93. The third-order valence-corrected chi connectivity index (χ3v) is 3.99. The largest absolute Gasteiger partial charge is 0.497 e. The molecule has 0 aliphatic carbocycles. The molecule has 0 amide bonds. The molecule has 2 N–H and O–H groups in total. The molecule has 1 saturated heterocycles. The first-order valence-corrected chi connectivity index (χ1v) is 7.30. The highest BCUT2D eigenvalue weighted by molar-refractivity contribution is 5.80. The molecule has 1 fully saturated rings. The smallest absolute Gasteiger partial charge is 0.201 e. The Morgan fingerprint density at radius 3 is 2.86 bits per heavy atom. The van der Waals surface area contributed by atoms with E-state index in [1.165, 1.54) is 0 Å². The van der Waals surface area contributed by atoms with Crippen molar-refractivity contribution in [2.75, 3.05) is 45.7 Å². The Morgan fingerprint density at radius 2 is 2.14 bits per heavy atom. The van der Waals surface area contributed by atoms with Crippen molar-refractivity contribution in [1.29, 1.82) is 0 Å². The molecule has 1 aromatic heterocycles. The fraction of sp³-hybridized carbons (Fsp3) is 0.533. The van der Waals surface area contributed by atoms with E-state index in [9.17, 15) is 0 Å². The van der Waals surface area contributed by atoms with Crippen molar-refractivity contribution in [2.24, 2.45) is 0 Å². The number of benzene rings is 1. The van der Waals surface area contributed by atoms with Crippen LogP contribution in [0, 0.1) is 0 Å². The number of imidazole rings is 1. The Labute approximate surface area is 124 Å². The van der Waals surface area contributed by atoms with Gasteiger partial charge in [-0.25, -0.2) is 4.98 Å². The lowest BCUT2D eigenvalue weighted by atomic mass is 10.2. The van der Waals surface area contributed by atoms with Gasteiger partial charge in [0.1, 0.15) is 5.75 Å². The lowest BCUT2D eigenvalue weighted by Gasteiger charge is -2.30. The summed E-state index contributed by atoms with van der Waals surface area (Å²) in [6.07, 6.45) is 0. The van der Waals surface area contributed by atoms with Crippen LogP contribution >= 0.6 is 0 Å². The monoisotopic (exact) mass is 290 g/mol. The van der Waals surface area contributed by atoms with Crippen molar-refractivity contribution in [3.63, 3.8) is 0 Å². The SMILES string of the molecule is COc1ccc2c(c1)nc(N)n2C(C)CN1CCOCC1. The molecule has 0 bridgehead atoms. The summed E-state index contributed by atoms with van der Waals surface area (Å²) in [6, 6.07) is 6.15. The van der Waals surface area contributed by atoms with Gasteiger partial charge in [0, 0.05) is 31.7 Å². The Hall–Kier alpha value is -1.79. The number of methoxy groups -OCH3 is 1. The van der Waals surface area contributed by atoms with Gasteiger partial charge >= 0.3 is 0 Å². The third-order valence-electron chi connectivity index (χ3n) is 3.99. The van der Waals surface area contributed by atoms with Gasteiger partial charge in [-0.2, -0.15) is 0 Å². The number of aromatic nitrogens is 2. The van der Waals surface area contributed by atoms with Crippen molar-refractivity contribution in [3.05, 3.63) is 18.2 Å². The van der Waals surface area contributed by atoms with Crippen molar-refractivity contribution in [2.45, 2.75) is 13.0 Å². The number of nitrogens with zero attached hydrogens (tertiary/aromatic N) is 3. The lowest BCUT2D eigenvalue weighted by molar-refractivity contribution is 0.0329. The Kier molecular flexibility index (Phi) is 3.98. The van der Waals surface area contributed by atoms with Crippen LogP contribution in [0.3, 0.4) is 0 Å². The van der Waals surface area contributed by atoms with E-state index >= 15 is 0 Å². The third kappa shape index (κ3) is 2.82. The van der Waals surface area contributed by atoms with Crippen LogP contribution in [-0.2, 0) is 4.74 Å². The summed E-state index contributed by atoms with van der Waals surface area (Å²) < 4.78 is 12.7. The van der Waals surface area contributed by atoms with E-state index in [1.807, 2.05) is 18.2 Å². The number of ether oxygens (including phenoxy) is 2. The second-order valence-corrected chi connectivity index (χ2v) is 5.46. The summed E-state index contributed by atoms with van der Waals surface area (Å²) >= 11 is 0. The lowest BCUT2D eigenvalue weighted by Crippen LogP contribution is -2.39. The molecule has 3 rings (SSSR count). The van der Waals surface area contributed by atoms with E-state index in [0.717, 1.165) is 49.6 Å². The predicted octanol–water partition coefficient (Wildman–Crippen LogP) is 1.52. The Bertz CT molecular complexity index is 619. The van der Waals surface area contributed by atoms with Gasteiger partial charge in [-0.05, 0) is 19.1 Å². The summed E-state index contributed by atoms with van der Waals surface area (Å²) in [7, 11) is 1.66. The Balaban J connectivity index is 1.86. The number of rotatable bonds is 4. The second-order valence-electron chi connectivity index (χ2n) is 5.46. The number of nitrogen functional groups attached to an aromatic ring is 1. The molecule has 0 spiro atoms. The van der Waals surface area contributed by atoms with Crippen LogP contribution in [0.15, 0.2) is 18.2 Å². The van der Waals surface area contributed by atoms with Crippen LogP contribution in [0.1, 0.15) is 13.0 Å². The first-order valence-electron chi connectivity index (χ1n) is 7.30. The summed E-state index contributed by atoms with van der Waals surface area (Å²) in [5.74, 6) is 1.35. The molecule has 6 heteroatoms. The molecular formula is C15H22N4O2. The van der Waals surface area contributed by atoms with Gasteiger partial charge in [0.05, 0.1) is 31.4 Å². The highest BCUT2D eigenvalue weighted by Gasteiger charge is 2.18. The molecule has 2 heterocycles. The average molecular weight is 290 g/mol. The van der Waals surface area contributed by atoms with Crippen LogP contribution in [-0.4, -0.2) is 54.4 Å². The standard InChI is InChI=1S/C15H22N4O2/c1-11(10-18-5-7-21-8-6-18)19-14-4-3-12(20-2)9-13(14)17-15(19)16/h3-4,9,11H,5-8,10H2,1-2H3,(H2,16,17). The quantitative estimate of drug-likeness (QED) is 0.925. The number of morpholine rings is 1. The highest BCUT2D eigenvalue weighted by atomic mass is 16.5. The molecule has 6 nitrogen and oxygen atoms in total. The van der Waals surface area contributed by atoms with E-state index in [4.69, 9.17) is 15.2 Å². The molecule has 0 radical (unpaired) electrons. The number of anilines is 1. The summed E-state index contributed by atoms with van der Waals surface area (Å²) in [5.41, 5.74) is 8.04. The molecule has 1 aliphatic rings. The van der Waals surface area contributed by atoms with Crippen LogP contribution in [0.5, 0.6) is 5.75 Å². The predicted molar refractivity (Wildman–Crippen MR) is 82.7 cm³/mol. The fourth-order valence-corrected chi connectivity index (χ4v) is 2.93. The van der Waals surface area contributed by atoms with Crippen molar-refractivity contribution < 1.29 is 9.47 Å². The minimum atomic E-state index is 0.265. The normalized spacial score (nSPS) is 18.0. The molecule has 21 heavy (non-hydrogen) atoms. The molecular weight excluding hydrogens is 268 g/mol. The molecule has 1 unspecified atom stereocenters. The zero-order valence-electron chi connectivity index (χ0n) is 12.6. The van der Waals surface area contributed by atoms with Gasteiger partial charge in [-0.3, -0.25) is 4.90 Å². The molecule has 114 valence electrons. The van der Waals surface area contributed by atoms with Gasteiger partial charge in [0.25, 0.3) is 0 Å². The van der Waals surface area contributed by atoms with Crippen LogP contribution in [0.25, 0.3) is 11.0 Å². The molecule has 1 aliphatic heterocycles. The first-order chi connectivity index (χ1) is 10.2. The summed E-state index contributed by atoms with van der Waals surface area (Å²) in [6.45, 7) is 6.70.